The van der Waals surface area contributed by atoms with E-state index in [4.69, 9.17) is 16.0 Å². The normalized spacial score (nSPS) is 10.8. The highest BCUT2D eigenvalue weighted by Crippen LogP contribution is 2.26. The summed E-state index contributed by atoms with van der Waals surface area (Å²) in [6, 6.07) is 18.8. The van der Waals surface area contributed by atoms with Gasteiger partial charge >= 0.3 is 0 Å². The minimum atomic E-state index is -0.117. The predicted molar refractivity (Wildman–Crippen MR) is 128 cm³/mol. The number of carbonyl (C=O) groups excluding carboxylic acids is 1. The Hall–Kier alpha value is -3.23. The van der Waals surface area contributed by atoms with E-state index in [1.54, 1.807) is 6.26 Å². The SMILES string of the molecule is CN(C)c1ccc(NC(=O)CSc2nnc(-c3ccc(Cl)cc3)n2Cc2ccco2)cc1. The van der Waals surface area contributed by atoms with Gasteiger partial charge in [-0.2, -0.15) is 0 Å². The average Bonchev–Trinajstić information content (AvgIpc) is 3.44. The molecule has 4 aromatic rings. The maximum Gasteiger partial charge on any atom is 0.234 e. The molecule has 164 valence electrons. The minimum absolute atomic E-state index is 0.117. The molecule has 0 unspecified atom stereocenters. The van der Waals surface area contributed by atoms with Gasteiger partial charge in [0.1, 0.15) is 5.76 Å². The number of benzene rings is 2. The summed E-state index contributed by atoms with van der Waals surface area (Å²) in [6.07, 6.45) is 1.63. The zero-order valence-electron chi connectivity index (χ0n) is 17.7. The molecule has 0 bridgehead atoms. The molecule has 1 amide bonds. The summed E-state index contributed by atoms with van der Waals surface area (Å²) in [5.74, 6) is 1.53. The molecule has 2 aromatic heterocycles. The number of nitrogens with zero attached hydrogens (tertiary/aromatic N) is 4. The van der Waals surface area contributed by atoms with E-state index in [2.05, 4.69) is 15.5 Å². The van der Waals surface area contributed by atoms with Gasteiger partial charge in [-0.15, -0.1) is 10.2 Å². The highest BCUT2D eigenvalue weighted by Gasteiger charge is 2.17. The van der Waals surface area contributed by atoms with E-state index in [1.165, 1.54) is 11.8 Å². The van der Waals surface area contributed by atoms with Crippen LogP contribution in [0.1, 0.15) is 5.76 Å². The van der Waals surface area contributed by atoms with Crippen LogP contribution in [0.2, 0.25) is 5.02 Å². The number of halogens is 1. The third-order valence-corrected chi connectivity index (χ3v) is 5.93. The van der Waals surface area contributed by atoms with Crippen molar-refractivity contribution < 1.29 is 9.21 Å². The first-order valence-corrected chi connectivity index (χ1v) is 11.3. The van der Waals surface area contributed by atoms with Crippen molar-refractivity contribution in [1.29, 1.82) is 0 Å². The summed E-state index contributed by atoms with van der Waals surface area (Å²) in [5, 5.41) is 12.9. The van der Waals surface area contributed by atoms with E-state index in [0.29, 0.717) is 22.5 Å². The fourth-order valence-corrected chi connectivity index (χ4v) is 3.94. The third kappa shape index (κ3) is 5.33. The average molecular weight is 468 g/mol. The lowest BCUT2D eigenvalue weighted by Crippen LogP contribution is -2.15. The Morgan fingerprint density at radius 3 is 2.50 bits per heavy atom. The molecule has 32 heavy (non-hydrogen) atoms. The highest BCUT2D eigenvalue weighted by molar-refractivity contribution is 7.99. The number of furan rings is 1. The third-order valence-electron chi connectivity index (χ3n) is 4.71. The summed E-state index contributed by atoms with van der Waals surface area (Å²) in [6.45, 7) is 0.452. The molecule has 2 aromatic carbocycles. The number of amides is 1. The molecule has 0 saturated carbocycles. The molecule has 0 atom stereocenters. The van der Waals surface area contributed by atoms with Gasteiger partial charge < -0.3 is 14.6 Å². The van der Waals surface area contributed by atoms with Crippen molar-refractivity contribution in [2.75, 3.05) is 30.1 Å². The Morgan fingerprint density at radius 1 is 1.09 bits per heavy atom. The van der Waals surface area contributed by atoms with Crippen LogP contribution in [0, 0.1) is 0 Å². The van der Waals surface area contributed by atoms with Gasteiger partial charge in [0.05, 0.1) is 18.6 Å². The molecule has 0 aliphatic rings. The van der Waals surface area contributed by atoms with E-state index in [1.807, 2.05) is 84.2 Å². The number of aromatic nitrogens is 3. The molecular formula is C23H22ClN5O2S. The molecule has 4 rings (SSSR count). The number of thioether (sulfide) groups is 1. The molecule has 1 N–H and O–H groups in total. The van der Waals surface area contributed by atoms with Gasteiger partial charge in [0.25, 0.3) is 0 Å². The molecule has 0 saturated heterocycles. The van der Waals surface area contributed by atoms with Crippen LogP contribution in [-0.2, 0) is 11.3 Å². The summed E-state index contributed by atoms with van der Waals surface area (Å²) in [5.41, 5.74) is 2.70. The number of hydrogen-bond donors (Lipinski definition) is 1. The van der Waals surface area contributed by atoms with Gasteiger partial charge in [0, 0.05) is 36.1 Å². The Bertz CT molecular complexity index is 1170. The number of rotatable bonds is 8. The number of carbonyl (C=O) groups is 1. The van der Waals surface area contributed by atoms with Crippen molar-refractivity contribution in [3.63, 3.8) is 0 Å². The summed E-state index contributed by atoms with van der Waals surface area (Å²) >= 11 is 7.35. The molecule has 0 aliphatic heterocycles. The van der Waals surface area contributed by atoms with Gasteiger partial charge in [-0.05, 0) is 60.7 Å². The minimum Gasteiger partial charge on any atom is -0.467 e. The van der Waals surface area contributed by atoms with E-state index in [-0.39, 0.29) is 11.7 Å². The quantitative estimate of drug-likeness (QED) is 0.366. The second-order valence-corrected chi connectivity index (χ2v) is 8.64. The summed E-state index contributed by atoms with van der Waals surface area (Å²) in [7, 11) is 3.95. The first-order chi connectivity index (χ1) is 15.5. The topological polar surface area (TPSA) is 76.2 Å². The fraction of sp³-hybridized carbons (Fsp3) is 0.174. The maximum absolute atomic E-state index is 12.5. The first kappa shape index (κ1) is 22.0. The van der Waals surface area contributed by atoms with Crippen molar-refractivity contribution >= 4 is 40.6 Å². The van der Waals surface area contributed by atoms with Crippen LogP contribution in [0.25, 0.3) is 11.4 Å². The van der Waals surface area contributed by atoms with E-state index >= 15 is 0 Å². The maximum atomic E-state index is 12.5. The standard InChI is InChI=1S/C23H22ClN5O2S/c1-28(2)19-11-9-18(10-12-19)25-21(30)15-32-23-27-26-22(16-5-7-17(24)8-6-16)29(23)14-20-4-3-13-31-20/h3-13H,14-15H2,1-2H3,(H,25,30). The van der Waals surface area contributed by atoms with Gasteiger partial charge in [-0.3, -0.25) is 9.36 Å². The van der Waals surface area contributed by atoms with Crippen molar-refractivity contribution in [3.8, 4) is 11.4 Å². The zero-order valence-corrected chi connectivity index (χ0v) is 19.2. The number of hydrogen-bond acceptors (Lipinski definition) is 6. The lowest BCUT2D eigenvalue weighted by Gasteiger charge is -2.13. The van der Waals surface area contributed by atoms with Crippen LogP contribution in [0.4, 0.5) is 11.4 Å². The van der Waals surface area contributed by atoms with Crippen molar-refractivity contribution in [2.45, 2.75) is 11.7 Å². The van der Waals surface area contributed by atoms with E-state index < -0.39 is 0 Å². The molecule has 0 fully saturated rings. The summed E-state index contributed by atoms with van der Waals surface area (Å²) < 4.78 is 7.45. The number of nitrogens with one attached hydrogen (secondary N) is 1. The lowest BCUT2D eigenvalue weighted by molar-refractivity contribution is -0.113. The predicted octanol–water partition coefficient (Wildman–Crippen LogP) is 5.04. The zero-order chi connectivity index (χ0) is 22.5. The second-order valence-electron chi connectivity index (χ2n) is 7.26. The Balaban J connectivity index is 1.48. The van der Waals surface area contributed by atoms with Crippen LogP contribution in [0.5, 0.6) is 0 Å². The first-order valence-electron chi connectivity index (χ1n) is 9.91. The monoisotopic (exact) mass is 467 g/mol. The van der Waals surface area contributed by atoms with E-state index in [0.717, 1.165) is 22.7 Å². The summed E-state index contributed by atoms with van der Waals surface area (Å²) in [4.78, 5) is 14.5. The van der Waals surface area contributed by atoms with Crippen LogP contribution >= 0.6 is 23.4 Å². The largest absolute Gasteiger partial charge is 0.467 e. The fourth-order valence-electron chi connectivity index (χ4n) is 3.08. The Kier molecular flexibility index (Phi) is 6.82. The smallest absolute Gasteiger partial charge is 0.234 e. The van der Waals surface area contributed by atoms with Crippen LogP contribution in [0.3, 0.4) is 0 Å². The van der Waals surface area contributed by atoms with Crippen LogP contribution in [0.15, 0.2) is 76.5 Å². The van der Waals surface area contributed by atoms with Gasteiger partial charge in [0.15, 0.2) is 11.0 Å². The molecule has 7 nitrogen and oxygen atoms in total. The van der Waals surface area contributed by atoms with Crippen molar-refractivity contribution in [2.24, 2.45) is 0 Å². The second kappa shape index (κ2) is 9.93. The molecular weight excluding hydrogens is 446 g/mol. The Morgan fingerprint density at radius 2 is 1.84 bits per heavy atom. The molecule has 0 radical (unpaired) electrons. The van der Waals surface area contributed by atoms with Gasteiger partial charge in [-0.25, -0.2) is 0 Å². The van der Waals surface area contributed by atoms with Gasteiger partial charge in [-0.1, -0.05) is 23.4 Å². The van der Waals surface area contributed by atoms with E-state index in [9.17, 15) is 4.79 Å². The van der Waals surface area contributed by atoms with Crippen molar-refractivity contribution in [3.05, 3.63) is 77.7 Å². The van der Waals surface area contributed by atoms with Crippen molar-refractivity contribution in [1.82, 2.24) is 14.8 Å². The lowest BCUT2D eigenvalue weighted by atomic mass is 10.2. The molecule has 9 heteroatoms. The Labute approximate surface area is 195 Å². The number of anilines is 2. The van der Waals surface area contributed by atoms with Crippen LogP contribution in [-0.4, -0.2) is 40.5 Å². The molecule has 0 spiro atoms. The van der Waals surface area contributed by atoms with Crippen LogP contribution < -0.4 is 10.2 Å². The molecule has 2 heterocycles. The molecule has 0 aliphatic carbocycles. The highest BCUT2D eigenvalue weighted by atomic mass is 35.5. The van der Waals surface area contributed by atoms with Gasteiger partial charge in [0.2, 0.25) is 5.91 Å².